The van der Waals surface area contributed by atoms with Gasteiger partial charge in [-0.25, -0.2) is 4.79 Å². The molecule has 164 valence electrons. The van der Waals surface area contributed by atoms with Crippen LogP contribution in [0.5, 0.6) is 5.75 Å². The summed E-state index contributed by atoms with van der Waals surface area (Å²) in [7, 11) is 5.12. The lowest BCUT2D eigenvalue weighted by Gasteiger charge is -2.18. The van der Waals surface area contributed by atoms with E-state index in [1.165, 1.54) is 23.1 Å². The van der Waals surface area contributed by atoms with Crippen LogP contribution < -0.4 is 14.5 Å². The van der Waals surface area contributed by atoms with Crippen molar-refractivity contribution < 1.29 is 19.2 Å². The van der Waals surface area contributed by atoms with Gasteiger partial charge in [0.2, 0.25) is 0 Å². The van der Waals surface area contributed by atoms with E-state index in [0.717, 1.165) is 5.56 Å². The first-order valence-electron chi connectivity index (χ1n) is 9.80. The Morgan fingerprint density at radius 3 is 2.09 bits per heavy atom. The summed E-state index contributed by atoms with van der Waals surface area (Å²) in [4.78, 5) is 39.1. The van der Waals surface area contributed by atoms with E-state index in [1.54, 1.807) is 62.4 Å². The Labute approximate surface area is 185 Å². The number of nitro groups is 1. The van der Waals surface area contributed by atoms with Gasteiger partial charge in [0.05, 0.1) is 16.2 Å². The van der Waals surface area contributed by atoms with Crippen LogP contribution in [0, 0.1) is 17.0 Å². The van der Waals surface area contributed by atoms with E-state index in [4.69, 9.17) is 4.74 Å². The van der Waals surface area contributed by atoms with Crippen LogP contribution in [0.2, 0.25) is 0 Å². The molecule has 0 aliphatic rings. The fourth-order valence-corrected chi connectivity index (χ4v) is 3.10. The maximum atomic E-state index is 12.7. The number of benzene rings is 3. The van der Waals surface area contributed by atoms with Crippen molar-refractivity contribution in [1.82, 2.24) is 0 Å². The Hall–Kier alpha value is -4.20. The zero-order chi connectivity index (χ0) is 23.4. The first kappa shape index (κ1) is 22.5. The van der Waals surface area contributed by atoms with E-state index in [-0.39, 0.29) is 22.9 Å². The maximum Gasteiger partial charge on any atom is 0.345 e. The number of carbonyl (C=O) groups excluding carboxylic acids is 2. The van der Waals surface area contributed by atoms with Gasteiger partial charge < -0.3 is 14.5 Å². The topological polar surface area (TPSA) is 93.0 Å². The number of rotatable bonds is 6. The fourth-order valence-electron chi connectivity index (χ4n) is 3.10. The second-order valence-electron chi connectivity index (χ2n) is 7.47. The van der Waals surface area contributed by atoms with Crippen molar-refractivity contribution in [2.45, 2.75) is 6.92 Å². The quantitative estimate of drug-likeness (QED) is 0.247. The monoisotopic (exact) mass is 433 g/mol. The summed E-state index contributed by atoms with van der Waals surface area (Å²) in [6.45, 7) is 1.95. The lowest BCUT2D eigenvalue weighted by atomic mass is 10.1. The van der Waals surface area contributed by atoms with Crippen molar-refractivity contribution in [3.8, 4) is 5.75 Å². The van der Waals surface area contributed by atoms with Gasteiger partial charge in [0.1, 0.15) is 5.75 Å². The van der Waals surface area contributed by atoms with Gasteiger partial charge in [0, 0.05) is 44.5 Å². The molecule has 0 spiro atoms. The standard InChI is InChI=1S/C24H23N3O5/c1-16-5-7-17(8-6-16)23(28)26(4)18-9-12-20(13-10-18)32-24(29)21-15-19(27(30)31)11-14-22(21)25(2)3/h5-15H,1-4H3. The summed E-state index contributed by atoms with van der Waals surface area (Å²) in [6, 6.07) is 17.8. The molecule has 0 saturated carbocycles. The number of non-ortho nitro benzene ring substituents is 1. The highest BCUT2D eigenvalue weighted by molar-refractivity contribution is 6.05. The summed E-state index contributed by atoms with van der Waals surface area (Å²) in [5, 5.41) is 11.1. The van der Waals surface area contributed by atoms with E-state index in [2.05, 4.69) is 0 Å². The smallest absolute Gasteiger partial charge is 0.345 e. The molecule has 3 aromatic rings. The van der Waals surface area contributed by atoms with Crippen LogP contribution in [0.1, 0.15) is 26.3 Å². The molecule has 0 aliphatic carbocycles. The minimum absolute atomic E-state index is 0.0833. The molecule has 1 amide bonds. The Kier molecular flexibility index (Phi) is 6.53. The average molecular weight is 433 g/mol. The number of amides is 1. The summed E-state index contributed by atoms with van der Waals surface area (Å²) in [6.07, 6.45) is 0. The molecule has 3 rings (SSSR count). The number of nitrogens with zero attached hydrogens (tertiary/aromatic N) is 3. The molecule has 0 saturated heterocycles. The van der Waals surface area contributed by atoms with Gasteiger partial charge in [0.25, 0.3) is 11.6 Å². The predicted molar refractivity (Wildman–Crippen MR) is 123 cm³/mol. The third kappa shape index (κ3) is 4.92. The maximum absolute atomic E-state index is 12.7. The molecule has 8 heteroatoms. The molecular weight excluding hydrogens is 410 g/mol. The highest BCUT2D eigenvalue weighted by Crippen LogP contribution is 2.27. The molecule has 0 aliphatic heterocycles. The van der Waals surface area contributed by atoms with Crippen molar-refractivity contribution in [2.24, 2.45) is 0 Å². The van der Waals surface area contributed by atoms with Crippen molar-refractivity contribution in [1.29, 1.82) is 0 Å². The number of aryl methyl sites for hydroxylation is 1. The van der Waals surface area contributed by atoms with Crippen LogP contribution in [-0.4, -0.2) is 37.9 Å². The molecule has 0 atom stereocenters. The molecule has 0 bridgehead atoms. The zero-order valence-corrected chi connectivity index (χ0v) is 18.2. The molecule has 0 N–H and O–H groups in total. The SMILES string of the molecule is Cc1ccc(C(=O)N(C)c2ccc(OC(=O)c3cc([N+](=O)[O-])ccc3N(C)C)cc2)cc1. The molecule has 0 radical (unpaired) electrons. The van der Waals surface area contributed by atoms with Gasteiger partial charge in [-0.3, -0.25) is 14.9 Å². The Morgan fingerprint density at radius 2 is 1.53 bits per heavy atom. The molecule has 0 heterocycles. The summed E-state index contributed by atoms with van der Waals surface area (Å²) in [5.74, 6) is -0.623. The minimum Gasteiger partial charge on any atom is -0.423 e. The van der Waals surface area contributed by atoms with Gasteiger partial charge in [-0.05, 0) is 49.4 Å². The summed E-state index contributed by atoms with van der Waals surface area (Å²) >= 11 is 0. The number of hydrogen-bond donors (Lipinski definition) is 0. The lowest BCUT2D eigenvalue weighted by molar-refractivity contribution is -0.384. The van der Waals surface area contributed by atoms with E-state index < -0.39 is 10.9 Å². The Balaban J connectivity index is 1.78. The molecule has 3 aromatic carbocycles. The van der Waals surface area contributed by atoms with Gasteiger partial charge in [-0.1, -0.05) is 17.7 Å². The van der Waals surface area contributed by atoms with Gasteiger partial charge in [-0.15, -0.1) is 0 Å². The van der Waals surface area contributed by atoms with Crippen LogP contribution in [0.25, 0.3) is 0 Å². The molecular formula is C24H23N3O5. The van der Waals surface area contributed by atoms with E-state index in [0.29, 0.717) is 16.9 Å². The van der Waals surface area contributed by atoms with Crippen molar-refractivity contribution >= 4 is 28.9 Å². The van der Waals surface area contributed by atoms with Crippen LogP contribution in [0.4, 0.5) is 17.1 Å². The molecule has 0 aromatic heterocycles. The minimum atomic E-state index is -0.714. The molecule has 0 fully saturated rings. The van der Waals surface area contributed by atoms with Crippen molar-refractivity contribution in [2.75, 3.05) is 30.9 Å². The summed E-state index contributed by atoms with van der Waals surface area (Å²) in [5.41, 5.74) is 2.64. The van der Waals surface area contributed by atoms with Crippen LogP contribution in [0.3, 0.4) is 0 Å². The predicted octanol–water partition coefficient (Wildman–Crippen LogP) is 4.47. The first-order valence-corrected chi connectivity index (χ1v) is 9.80. The second-order valence-corrected chi connectivity index (χ2v) is 7.47. The van der Waals surface area contributed by atoms with Crippen LogP contribution >= 0.6 is 0 Å². The zero-order valence-electron chi connectivity index (χ0n) is 18.2. The second kappa shape index (κ2) is 9.30. The van der Waals surface area contributed by atoms with E-state index in [1.807, 2.05) is 19.1 Å². The normalized spacial score (nSPS) is 10.4. The third-order valence-electron chi connectivity index (χ3n) is 4.93. The van der Waals surface area contributed by atoms with Crippen molar-refractivity contribution in [3.05, 3.63) is 93.5 Å². The molecule has 0 unspecified atom stereocenters. The number of hydrogen-bond acceptors (Lipinski definition) is 6. The Bertz CT molecular complexity index is 1160. The van der Waals surface area contributed by atoms with E-state index >= 15 is 0 Å². The number of ether oxygens (including phenoxy) is 1. The summed E-state index contributed by atoms with van der Waals surface area (Å²) < 4.78 is 5.43. The highest BCUT2D eigenvalue weighted by atomic mass is 16.6. The first-order chi connectivity index (χ1) is 15.2. The lowest BCUT2D eigenvalue weighted by Crippen LogP contribution is -2.26. The van der Waals surface area contributed by atoms with Gasteiger partial charge >= 0.3 is 5.97 Å². The van der Waals surface area contributed by atoms with E-state index in [9.17, 15) is 19.7 Å². The molecule has 8 nitrogen and oxygen atoms in total. The van der Waals surface area contributed by atoms with Gasteiger partial charge in [0.15, 0.2) is 0 Å². The third-order valence-corrected chi connectivity index (χ3v) is 4.93. The number of carbonyl (C=O) groups is 2. The number of anilines is 2. The number of nitro benzene ring substituents is 1. The fraction of sp³-hybridized carbons (Fsp3) is 0.167. The molecule has 32 heavy (non-hydrogen) atoms. The van der Waals surface area contributed by atoms with Gasteiger partial charge in [-0.2, -0.15) is 0 Å². The van der Waals surface area contributed by atoms with Crippen LogP contribution in [-0.2, 0) is 0 Å². The average Bonchev–Trinajstić information content (AvgIpc) is 2.78. The van der Waals surface area contributed by atoms with Crippen LogP contribution in [0.15, 0.2) is 66.7 Å². The van der Waals surface area contributed by atoms with Crippen molar-refractivity contribution in [3.63, 3.8) is 0 Å². The highest BCUT2D eigenvalue weighted by Gasteiger charge is 2.20. The largest absolute Gasteiger partial charge is 0.423 e. The number of esters is 1. The Morgan fingerprint density at radius 1 is 0.906 bits per heavy atom.